The number of nitrogens with two attached hydrogens (primary N) is 3. The van der Waals surface area contributed by atoms with Crippen LogP contribution in [0.1, 0.15) is 25.7 Å². The van der Waals surface area contributed by atoms with E-state index in [1.165, 1.54) is 0 Å². The predicted octanol–water partition coefficient (Wildman–Crippen LogP) is -4.90. The van der Waals surface area contributed by atoms with Crippen molar-refractivity contribution in [2.24, 2.45) is 17.2 Å². The summed E-state index contributed by atoms with van der Waals surface area (Å²) in [6.07, 6.45) is -1.88. The molecule has 0 saturated carbocycles. The summed E-state index contributed by atoms with van der Waals surface area (Å²) in [5.74, 6) is -7.73. The molecule has 3 atom stereocenters. The molecule has 168 valence electrons. The van der Waals surface area contributed by atoms with Crippen LogP contribution in [0.4, 0.5) is 0 Å². The summed E-state index contributed by atoms with van der Waals surface area (Å²) in [5, 5.41) is 23.7. The van der Waals surface area contributed by atoms with Crippen LogP contribution in [-0.2, 0) is 33.6 Å². The van der Waals surface area contributed by atoms with Gasteiger partial charge in [0.1, 0.15) is 12.1 Å². The number of hydrogen-bond acceptors (Lipinski definition) is 8. The third-order valence-electron chi connectivity index (χ3n) is 3.51. The molecule has 0 bridgehead atoms. The minimum atomic E-state index is -1.81. The first-order chi connectivity index (χ1) is 13.8. The summed E-state index contributed by atoms with van der Waals surface area (Å²) in [7, 11) is 0. The van der Waals surface area contributed by atoms with Gasteiger partial charge in [-0.2, -0.15) is 0 Å². The highest BCUT2D eigenvalue weighted by molar-refractivity contribution is 5.95. The van der Waals surface area contributed by atoms with Crippen molar-refractivity contribution in [2.45, 2.75) is 43.8 Å². The van der Waals surface area contributed by atoms with E-state index in [0.29, 0.717) is 0 Å². The molecule has 0 aliphatic carbocycles. The highest BCUT2D eigenvalue weighted by atomic mass is 16.4. The number of amides is 5. The Hall–Kier alpha value is -3.75. The standard InChI is InChI=1S/C15H24N6O9/c16-6(1-2-9(17)22)13(27)19-5-11(24)20-7(3-10(18)23)14(28)21-8(15(29)30)4-12(25)26/h6-8H,1-5,16H2,(H2,17,22)(H2,18,23)(H,19,27)(H,20,24)(H,21,28)(H,25,26)(H,29,30). The van der Waals surface area contributed by atoms with Gasteiger partial charge in [-0.25, -0.2) is 4.79 Å². The van der Waals surface area contributed by atoms with E-state index in [2.05, 4.69) is 10.6 Å². The number of carboxylic acid groups (broad SMARTS) is 2. The Labute approximate surface area is 169 Å². The maximum atomic E-state index is 12.2. The van der Waals surface area contributed by atoms with Gasteiger partial charge in [0.05, 0.1) is 25.4 Å². The Morgan fingerprint density at radius 1 is 0.800 bits per heavy atom. The van der Waals surface area contributed by atoms with Crippen LogP contribution in [0, 0.1) is 0 Å². The third kappa shape index (κ3) is 11.2. The number of carbonyl (C=O) groups excluding carboxylic acids is 5. The van der Waals surface area contributed by atoms with Crippen LogP contribution in [0.15, 0.2) is 0 Å². The average molecular weight is 432 g/mol. The third-order valence-corrected chi connectivity index (χ3v) is 3.51. The lowest BCUT2D eigenvalue weighted by molar-refractivity contribution is -0.147. The number of hydrogen-bond donors (Lipinski definition) is 8. The van der Waals surface area contributed by atoms with Crippen molar-refractivity contribution in [2.75, 3.05) is 6.54 Å². The number of rotatable bonds is 14. The molecule has 15 nitrogen and oxygen atoms in total. The molecule has 0 heterocycles. The molecule has 30 heavy (non-hydrogen) atoms. The molecule has 0 saturated heterocycles. The van der Waals surface area contributed by atoms with Crippen LogP contribution < -0.4 is 33.2 Å². The molecular weight excluding hydrogens is 408 g/mol. The average Bonchev–Trinajstić information content (AvgIpc) is 2.61. The van der Waals surface area contributed by atoms with Gasteiger partial charge in [0, 0.05) is 6.42 Å². The van der Waals surface area contributed by atoms with Crippen molar-refractivity contribution in [1.82, 2.24) is 16.0 Å². The largest absolute Gasteiger partial charge is 0.481 e. The van der Waals surface area contributed by atoms with Crippen LogP contribution >= 0.6 is 0 Å². The number of carboxylic acids is 2. The van der Waals surface area contributed by atoms with E-state index in [9.17, 15) is 33.6 Å². The van der Waals surface area contributed by atoms with Gasteiger partial charge in [0.2, 0.25) is 29.5 Å². The molecule has 0 aromatic rings. The van der Waals surface area contributed by atoms with Crippen molar-refractivity contribution in [3.8, 4) is 0 Å². The lowest BCUT2D eigenvalue weighted by Gasteiger charge is -2.20. The van der Waals surface area contributed by atoms with Crippen molar-refractivity contribution < 1.29 is 43.8 Å². The number of carbonyl (C=O) groups is 7. The fraction of sp³-hybridized carbons (Fsp3) is 0.533. The molecule has 0 aromatic carbocycles. The molecular formula is C15H24N6O9. The fourth-order valence-corrected chi connectivity index (χ4v) is 2.03. The second-order valence-electron chi connectivity index (χ2n) is 6.12. The maximum absolute atomic E-state index is 12.2. The Morgan fingerprint density at radius 3 is 1.87 bits per heavy atom. The Kier molecular flexibility index (Phi) is 11.1. The zero-order valence-corrected chi connectivity index (χ0v) is 15.8. The van der Waals surface area contributed by atoms with E-state index >= 15 is 0 Å². The highest BCUT2D eigenvalue weighted by Gasteiger charge is 2.29. The lowest BCUT2D eigenvalue weighted by Crippen LogP contribution is -2.55. The first-order valence-corrected chi connectivity index (χ1v) is 8.47. The Balaban J connectivity index is 4.89. The fourth-order valence-electron chi connectivity index (χ4n) is 2.03. The number of aliphatic carboxylic acids is 2. The van der Waals surface area contributed by atoms with Gasteiger partial charge < -0.3 is 43.4 Å². The molecule has 0 aliphatic rings. The summed E-state index contributed by atoms with van der Waals surface area (Å²) < 4.78 is 0. The predicted molar refractivity (Wildman–Crippen MR) is 97.0 cm³/mol. The summed E-state index contributed by atoms with van der Waals surface area (Å²) in [6, 6.07) is -4.56. The van der Waals surface area contributed by atoms with Crippen LogP contribution in [-0.4, -0.2) is 76.4 Å². The SMILES string of the molecule is NC(=O)CCC(N)C(=O)NCC(=O)NC(CC(N)=O)C(=O)NC(CC(=O)O)C(=O)O. The zero-order chi connectivity index (χ0) is 23.4. The van der Waals surface area contributed by atoms with Gasteiger partial charge in [-0.15, -0.1) is 0 Å². The second kappa shape index (κ2) is 12.7. The van der Waals surface area contributed by atoms with Crippen LogP contribution in [0.5, 0.6) is 0 Å². The van der Waals surface area contributed by atoms with Crippen molar-refractivity contribution >= 4 is 41.5 Å². The molecule has 5 amide bonds. The van der Waals surface area contributed by atoms with Gasteiger partial charge in [0.25, 0.3) is 0 Å². The van der Waals surface area contributed by atoms with E-state index in [4.69, 9.17) is 27.4 Å². The molecule has 0 radical (unpaired) electrons. The van der Waals surface area contributed by atoms with Gasteiger partial charge in [-0.1, -0.05) is 0 Å². The molecule has 15 heteroatoms. The Bertz CT molecular complexity index is 711. The summed E-state index contributed by atoms with van der Waals surface area (Å²) in [5.41, 5.74) is 15.4. The number of primary amides is 2. The minimum absolute atomic E-state index is 0.0599. The van der Waals surface area contributed by atoms with E-state index in [0.717, 1.165) is 0 Å². The number of nitrogens with one attached hydrogen (secondary N) is 3. The monoisotopic (exact) mass is 432 g/mol. The van der Waals surface area contributed by atoms with E-state index < -0.39 is 79.0 Å². The molecule has 11 N–H and O–H groups in total. The van der Waals surface area contributed by atoms with Crippen LogP contribution in [0.2, 0.25) is 0 Å². The Morgan fingerprint density at radius 2 is 1.40 bits per heavy atom. The molecule has 3 unspecified atom stereocenters. The van der Waals surface area contributed by atoms with Gasteiger partial charge >= 0.3 is 11.9 Å². The molecule has 0 spiro atoms. The smallest absolute Gasteiger partial charge is 0.326 e. The normalized spacial score (nSPS) is 13.2. The quantitative estimate of drug-likeness (QED) is 0.129. The highest BCUT2D eigenvalue weighted by Crippen LogP contribution is 1.98. The summed E-state index contributed by atoms with van der Waals surface area (Å²) in [6.45, 7) is -0.664. The van der Waals surface area contributed by atoms with Crippen LogP contribution in [0.3, 0.4) is 0 Å². The molecule has 0 aromatic heterocycles. The van der Waals surface area contributed by atoms with Gasteiger partial charge in [-0.05, 0) is 6.42 Å². The van der Waals surface area contributed by atoms with Crippen molar-refractivity contribution in [3.05, 3.63) is 0 Å². The molecule has 0 fully saturated rings. The van der Waals surface area contributed by atoms with Gasteiger partial charge in [-0.3, -0.25) is 28.8 Å². The minimum Gasteiger partial charge on any atom is -0.481 e. The molecule has 0 rings (SSSR count). The van der Waals surface area contributed by atoms with Crippen LogP contribution in [0.25, 0.3) is 0 Å². The van der Waals surface area contributed by atoms with Gasteiger partial charge in [0.15, 0.2) is 0 Å². The topological polar surface area (TPSA) is 274 Å². The maximum Gasteiger partial charge on any atom is 0.326 e. The zero-order valence-electron chi connectivity index (χ0n) is 15.8. The lowest BCUT2D eigenvalue weighted by atomic mass is 10.1. The summed E-state index contributed by atoms with van der Waals surface area (Å²) in [4.78, 5) is 79.4. The first kappa shape index (κ1) is 26.2. The summed E-state index contributed by atoms with van der Waals surface area (Å²) >= 11 is 0. The van der Waals surface area contributed by atoms with Crippen molar-refractivity contribution in [1.29, 1.82) is 0 Å². The van der Waals surface area contributed by atoms with E-state index in [1.807, 2.05) is 5.32 Å². The second-order valence-corrected chi connectivity index (χ2v) is 6.12. The van der Waals surface area contributed by atoms with E-state index in [1.54, 1.807) is 0 Å². The molecule has 0 aliphatic heterocycles. The first-order valence-electron chi connectivity index (χ1n) is 8.47. The van der Waals surface area contributed by atoms with E-state index in [-0.39, 0.29) is 12.8 Å². The van der Waals surface area contributed by atoms with Crippen molar-refractivity contribution in [3.63, 3.8) is 0 Å².